The van der Waals surface area contributed by atoms with Crippen LogP contribution in [0, 0.1) is 10.1 Å². The molecule has 0 atom stereocenters. The average Bonchev–Trinajstić information content (AvgIpc) is 2.26. The lowest BCUT2D eigenvalue weighted by molar-refractivity contribution is -0.385. The molecule has 0 saturated heterocycles. The second-order valence-corrected chi connectivity index (χ2v) is 5.03. The molecule has 0 aliphatic rings. The first-order valence-electron chi connectivity index (χ1n) is 4.58. The van der Waals surface area contributed by atoms with Gasteiger partial charge in [-0.25, -0.2) is 0 Å². The number of thiol groups is 1. The maximum atomic E-state index is 10.6. The molecule has 0 radical (unpaired) electrons. The Kier molecular flexibility index (Phi) is 6.01. The zero-order chi connectivity index (χ0) is 12.8. The summed E-state index contributed by atoms with van der Waals surface area (Å²) >= 11 is 10.5. The van der Waals surface area contributed by atoms with Crippen molar-refractivity contribution in [3.8, 4) is 5.75 Å². The smallest absolute Gasteiger partial charge is 0.271 e. The molecule has 7 heteroatoms. The van der Waals surface area contributed by atoms with Crippen molar-refractivity contribution in [2.45, 2.75) is 0 Å². The van der Waals surface area contributed by atoms with Gasteiger partial charge in [0, 0.05) is 17.9 Å². The van der Waals surface area contributed by atoms with Gasteiger partial charge in [-0.15, -0.1) is 0 Å². The Morgan fingerprint density at radius 1 is 1.35 bits per heavy atom. The van der Waals surface area contributed by atoms with Crippen molar-refractivity contribution in [1.82, 2.24) is 0 Å². The Hall–Kier alpha value is -0.530. The summed E-state index contributed by atoms with van der Waals surface area (Å²) in [5, 5.41) is 10.6. The summed E-state index contributed by atoms with van der Waals surface area (Å²) < 4.78 is 6.55. The molecular formula is C10H9Br2NO3S. The Morgan fingerprint density at radius 2 is 1.94 bits per heavy atom. The zero-order valence-electron chi connectivity index (χ0n) is 8.60. The minimum Gasteiger partial charge on any atom is -0.487 e. The fourth-order valence-corrected chi connectivity index (χ4v) is 2.60. The number of ether oxygens (including phenoxy) is 1. The number of benzene rings is 1. The largest absolute Gasteiger partial charge is 0.487 e. The number of non-ortho nitro benzene ring substituents is 1. The summed E-state index contributed by atoms with van der Waals surface area (Å²) in [4.78, 5) is 10.2. The molecule has 0 amide bonds. The van der Waals surface area contributed by atoms with Crippen LogP contribution < -0.4 is 4.74 Å². The monoisotopic (exact) mass is 381 g/mol. The number of nitro groups is 1. The summed E-state index contributed by atoms with van der Waals surface area (Å²) in [7, 11) is 0. The molecule has 0 N–H and O–H groups in total. The normalized spacial score (nSPS) is 10.8. The predicted octanol–water partition coefficient (Wildman–Crippen LogP) is 3.98. The van der Waals surface area contributed by atoms with Crippen molar-refractivity contribution in [2.75, 3.05) is 12.4 Å². The number of nitrogens with zero attached hydrogens (tertiary/aromatic N) is 1. The molecule has 0 aliphatic carbocycles. The second-order valence-electron chi connectivity index (χ2n) is 2.96. The minimum atomic E-state index is -0.458. The van der Waals surface area contributed by atoms with E-state index in [1.54, 1.807) is 0 Å². The van der Waals surface area contributed by atoms with Crippen LogP contribution in [0.2, 0.25) is 0 Å². The van der Waals surface area contributed by atoms with Crippen molar-refractivity contribution in [3.63, 3.8) is 0 Å². The lowest BCUT2D eigenvalue weighted by Gasteiger charge is -2.08. The highest BCUT2D eigenvalue weighted by molar-refractivity contribution is 9.11. The van der Waals surface area contributed by atoms with Gasteiger partial charge in [-0.3, -0.25) is 10.1 Å². The molecule has 0 unspecified atom stereocenters. The van der Waals surface area contributed by atoms with E-state index in [2.05, 4.69) is 44.5 Å². The van der Waals surface area contributed by atoms with Gasteiger partial charge in [0.15, 0.2) is 0 Å². The Morgan fingerprint density at radius 3 is 2.41 bits per heavy atom. The van der Waals surface area contributed by atoms with Crippen LogP contribution in [-0.2, 0) is 0 Å². The highest BCUT2D eigenvalue weighted by Gasteiger charge is 2.14. The second kappa shape index (κ2) is 7.03. The summed E-state index contributed by atoms with van der Waals surface area (Å²) in [6, 6.07) is 2.81. The van der Waals surface area contributed by atoms with E-state index in [-0.39, 0.29) is 5.69 Å². The van der Waals surface area contributed by atoms with Crippen LogP contribution in [0.1, 0.15) is 0 Å². The van der Waals surface area contributed by atoms with Crippen LogP contribution in [0.4, 0.5) is 5.69 Å². The van der Waals surface area contributed by atoms with E-state index >= 15 is 0 Å². The Labute approximate surface area is 121 Å². The van der Waals surface area contributed by atoms with E-state index in [1.807, 2.05) is 12.2 Å². The third-order valence-electron chi connectivity index (χ3n) is 1.79. The average molecular weight is 383 g/mol. The quantitative estimate of drug-likeness (QED) is 0.362. The van der Waals surface area contributed by atoms with Gasteiger partial charge in [-0.2, -0.15) is 12.6 Å². The van der Waals surface area contributed by atoms with Crippen molar-refractivity contribution in [1.29, 1.82) is 0 Å². The molecule has 4 nitrogen and oxygen atoms in total. The van der Waals surface area contributed by atoms with Crippen LogP contribution in [0.5, 0.6) is 5.75 Å². The fraction of sp³-hybridized carbons (Fsp3) is 0.200. The van der Waals surface area contributed by atoms with E-state index in [0.717, 1.165) is 0 Å². The highest BCUT2D eigenvalue weighted by Crippen LogP contribution is 2.37. The fourth-order valence-electron chi connectivity index (χ4n) is 1.06. The Bertz CT molecular complexity index is 428. The van der Waals surface area contributed by atoms with Gasteiger partial charge >= 0.3 is 0 Å². The molecule has 0 fully saturated rings. The summed E-state index contributed by atoms with van der Waals surface area (Å²) in [5.41, 5.74) is 0.00185. The lowest BCUT2D eigenvalue weighted by Crippen LogP contribution is -1.97. The maximum absolute atomic E-state index is 10.6. The molecule has 1 aromatic carbocycles. The van der Waals surface area contributed by atoms with Gasteiger partial charge in [-0.05, 0) is 31.9 Å². The van der Waals surface area contributed by atoms with Crippen LogP contribution in [0.15, 0.2) is 33.2 Å². The summed E-state index contributed by atoms with van der Waals surface area (Å²) in [6.45, 7) is 0.384. The van der Waals surface area contributed by atoms with Gasteiger partial charge in [0.1, 0.15) is 12.4 Å². The van der Waals surface area contributed by atoms with E-state index < -0.39 is 4.92 Å². The van der Waals surface area contributed by atoms with E-state index in [0.29, 0.717) is 27.1 Å². The van der Waals surface area contributed by atoms with Crippen LogP contribution >= 0.6 is 44.5 Å². The van der Waals surface area contributed by atoms with Crippen molar-refractivity contribution >= 4 is 50.2 Å². The number of hydrogen-bond acceptors (Lipinski definition) is 4. The molecule has 0 spiro atoms. The van der Waals surface area contributed by atoms with Gasteiger partial charge < -0.3 is 4.74 Å². The van der Waals surface area contributed by atoms with Crippen LogP contribution in [0.3, 0.4) is 0 Å². The van der Waals surface area contributed by atoms with E-state index in [1.165, 1.54) is 12.1 Å². The zero-order valence-corrected chi connectivity index (χ0v) is 12.7. The third kappa shape index (κ3) is 4.33. The molecule has 92 valence electrons. The molecule has 0 aliphatic heterocycles. The van der Waals surface area contributed by atoms with Gasteiger partial charge in [0.2, 0.25) is 0 Å². The van der Waals surface area contributed by atoms with Crippen LogP contribution in [-0.4, -0.2) is 17.3 Å². The van der Waals surface area contributed by atoms with Gasteiger partial charge in [0.25, 0.3) is 5.69 Å². The number of nitro benzene ring substituents is 1. The first-order chi connectivity index (χ1) is 8.06. The maximum Gasteiger partial charge on any atom is 0.271 e. The molecular weight excluding hydrogens is 374 g/mol. The minimum absolute atomic E-state index is 0.00185. The summed E-state index contributed by atoms with van der Waals surface area (Å²) in [5.74, 6) is 1.19. The third-order valence-corrected chi connectivity index (χ3v) is 3.18. The number of rotatable bonds is 5. The lowest BCUT2D eigenvalue weighted by atomic mass is 10.3. The first kappa shape index (κ1) is 14.5. The number of hydrogen-bond donors (Lipinski definition) is 1. The van der Waals surface area contributed by atoms with E-state index in [9.17, 15) is 10.1 Å². The molecule has 1 rings (SSSR count). The molecule has 1 aromatic rings. The number of halogens is 2. The van der Waals surface area contributed by atoms with Crippen molar-refractivity contribution in [3.05, 3.63) is 43.3 Å². The molecule has 0 aromatic heterocycles. The highest BCUT2D eigenvalue weighted by atomic mass is 79.9. The van der Waals surface area contributed by atoms with Gasteiger partial charge in [0.05, 0.1) is 13.9 Å². The predicted molar refractivity (Wildman–Crippen MR) is 77.0 cm³/mol. The SMILES string of the molecule is O=[N+]([O-])c1cc(Br)c(OCC=CCS)c(Br)c1. The first-order valence-corrected chi connectivity index (χ1v) is 6.80. The van der Waals surface area contributed by atoms with Crippen molar-refractivity contribution in [2.24, 2.45) is 0 Å². The standard InChI is InChI=1S/C10H9Br2NO3S/c11-8-5-7(13(14)15)6-9(12)10(8)16-3-1-2-4-17/h1-2,5-6,17H,3-4H2. The Balaban J connectivity index is 2.86. The van der Waals surface area contributed by atoms with Gasteiger partial charge in [-0.1, -0.05) is 12.2 Å². The molecule has 17 heavy (non-hydrogen) atoms. The molecule has 0 saturated carbocycles. The molecule has 0 heterocycles. The summed E-state index contributed by atoms with van der Waals surface area (Å²) in [6.07, 6.45) is 3.68. The van der Waals surface area contributed by atoms with Crippen molar-refractivity contribution < 1.29 is 9.66 Å². The van der Waals surface area contributed by atoms with E-state index in [4.69, 9.17) is 4.74 Å². The van der Waals surface area contributed by atoms with Crippen LogP contribution in [0.25, 0.3) is 0 Å². The topological polar surface area (TPSA) is 52.4 Å². The molecule has 0 bridgehead atoms.